The number of primary amides is 1. The number of hydrogen-bond acceptors (Lipinski definition) is 5. The summed E-state index contributed by atoms with van der Waals surface area (Å²) in [6, 6.07) is 4.58. The molecule has 0 radical (unpaired) electrons. The number of alkyl halides is 3. The second-order valence-corrected chi connectivity index (χ2v) is 8.61. The Morgan fingerprint density at radius 3 is 2.57 bits per heavy atom. The smallest absolute Gasteiger partial charge is 0.379 e. The van der Waals surface area contributed by atoms with Crippen LogP contribution in [0.15, 0.2) is 18.2 Å². The number of carbonyl (C=O) groups is 2. The quantitative estimate of drug-likeness (QED) is 0.704. The third kappa shape index (κ3) is 3.55. The van der Waals surface area contributed by atoms with Crippen molar-refractivity contribution >= 4 is 17.4 Å². The minimum absolute atomic E-state index is 0.0247. The van der Waals surface area contributed by atoms with Crippen LogP contribution in [0.1, 0.15) is 52.4 Å². The largest absolute Gasteiger partial charge is 0.435 e. The van der Waals surface area contributed by atoms with Crippen molar-refractivity contribution in [2.45, 2.75) is 38.9 Å². The highest BCUT2D eigenvalue weighted by molar-refractivity contribution is 6.00. The predicted molar refractivity (Wildman–Crippen MR) is 104 cm³/mol. The van der Waals surface area contributed by atoms with Gasteiger partial charge in [-0.1, -0.05) is 13.8 Å². The topological polar surface area (TPSA) is 102 Å². The van der Waals surface area contributed by atoms with E-state index in [0.717, 1.165) is 0 Å². The number of nitrogens with zero attached hydrogens (tertiary/aromatic N) is 2. The molecule has 1 amide bonds. The fourth-order valence-electron chi connectivity index (χ4n) is 3.97. The summed E-state index contributed by atoms with van der Waals surface area (Å²) in [6.45, 7) is 5.07. The van der Waals surface area contributed by atoms with Gasteiger partial charge in [0.2, 0.25) is 0 Å². The first-order chi connectivity index (χ1) is 14.0. The number of ketones is 1. The lowest BCUT2D eigenvalue weighted by Gasteiger charge is -2.30. The normalized spacial score (nSPS) is 18.6. The molecule has 0 atom stereocenters. The van der Waals surface area contributed by atoms with Gasteiger partial charge in [-0.15, -0.1) is 0 Å². The number of fused-ring (bicyclic) bond motifs is 1. The maximum Gasteiger partial charge on any atom is 0.435 e. The number of nitrogens with one attached hydrogen (secondary N) is 2. The molecular formula is C20H22F3N5O2. The molecule has 2 aromatic rings. The van der Waals surface area contributed by atoms with Gasteiger partial charge in [-0.2, -0.15) is 18.3 Å². The number of halogens is 3. The van der Waals surface area contributed by atoms with Gasteiger partial charge >= 0.3 is 6.18 Å². The molecule has 2 aliphatic rings. The molecular weight excluding hydrogens is 399 g/mol. The number of benzene rings is 1. The van der Waals surface area contributed by atoms with Crippen LogP contribution in [-0.4, -0.2) is 40.6 Å². The molecule has 0 spiro atoms. The summed E-state index contributed by atoms with van der Waals surface area (Å²) in [7, 11) is 0. The minimum atomic E-state index is -4.75. The first kappa shape index (κ1) is 20.4. The van der Waals surface area contributed by atoms with E-state index >= 15 is 0 Å². The van der Waals surface area contributed by atoms with Gasteiger partial charge < -0.3 is 16.4 Å². The third-order valence-electron chi connectivity index (χ3n) is 5.47. The second-order valence-electron chi connectivity index (χ2n) is 8.61. The molecule has 1 aromatic heterocycles. The zero-order chi connectivity index (χ0) is 21.8. The number of Topliss-reactive ketones (excluding diaryl/α,β-unsaturated/α-hetero) is 1. The molecule has 0 saturated carbocycles. The average molecular weight is 421 g/mol. The van der Waals surface area contributed by atoms with Crippen molar-refractivity contribution in [1.29, 1.82) is 0 Å². The highest BCUT2D eigenvalue weighted by Gasteiger charge is 2.45. The van der Waals surface area contributed by atoms with E-state index in [4.69, 9.17) is 5.73 Å². The van der Waals surface area contributed by atoms with Crippen LogP contribution in [0.25, 0.3) is 5.69 Å². The SMILES string of the molecule is CC1(C)CC(=O)c2c(C(F)(F)F)nn(-c3ccc(C(N)=O)c(NC4CNC4)c3)c2C1. The maximum atomic E-state index is 13.6. The molecule has 0 bridgehead atoms. The number of hydrogen-bond donors (Lipinski definition) is 3. The molecule has 1 saturated heterocycles. The highest BCUT2D eigenvalue weighted by Crippen LogP contribution is 2.42. The summed E-state index contributed by atoms with van der Waals surface area (Å²) < 4.78 is 42.1. The standard InChI is InChI=1S/C20H22F3N5O2/c1-19(2)6-14-16(15(29)7-19)17(20(21,22)23)27-28(14)11-3-4-12(18(24)30)13(5-11)26-10-8-25-9-10/h3-5,10,25-26H,6-9H2,1-2H3,(H2,24,30). The summed E-state index contributed by atoms with van der Waals surface area (Å²) >= 11 is 0. The van der Waals surface area contributed by atoms with Gasteiger partial charge in [0, 0.05) is 25.2 Å². The second kappa shape index (κ2) is 6.83. The van der Waals surface area contributed by atoms with E-state index in [1.54, 1.807) is 6.07 Å². The predicted octanol–water partition coefficient (Wildman–Crippen LogP) is 2.53. The molecule has 7 nitrogen and oxygen atoms in total. The van der Waals surface area contributed by atoms with E-state index in [9.17, 15) is 22.8 Å². The molecule has 30 heavy (non-hydrogen) atoms. The summed E-state index contributed by atoms with van der Waals surface area (Å²) in [4.78, 5) is 24.4. The number of anilines is 1. The van der Waals surface area contributed by atoms with Crippen molar-refractivity contribution in [3.8, 4) is 5.69 Å². The summed E-state index contributed by atoms with van der Waals surface area (Å²) in [5.74, 6) is -1.21. The van der Waals surface area contributed by atoms with Crippen molar-refractivity contribution in [2.75, 3.05) is 18.4 Å². The van der Waals surface area contributed by atoms with E-state index in [-0.39, 0.29) is 35.7 Å². The minimum Gasteiger partial charge on any atom is -0.379 e. The number of rotatable bonds is 4. The van der Waals surface area contributed by atoms with Crippen LogP contribution in [0.5, 0.6) is 0 Å². The Labute approximate surface area is 170 Å². The highest BCUT2D eigenvalue weighted by atomic mass is 19.4. The molecule has 1 aliphatic heterocycles. The Morgan fingerprint density at radius 2 is 2.00 bits per heavy atom. The molecule has 4 N–H and O–H groups in total. The van der Waals surface area contributed by atoms with Gasteiger partial charge in [0.25, 0.3) is 5.91 Å². The fourth-order valence-corrected chi connectivity index (χ4v) is 3.97. The summed E-state index contributed by atoms with van der Waals surface area (Å²) in [5.41, 5.74) is 4.64. The van der Waals surface area contributed by atoms with Crippen molar-refractivity contribution in [2.24, 2.45) is 11.1 Å². The zero-order valence-corrected chi connectivity index (χ0v) is 16.6. The molecule has 0 unspecified atom stereocenters. The first-order valence-corrected chi connectivity index (χ1v) is 9.60. The average Bonchev–Trinajstić information content (AvgIpc) is 2.96. The Bertz CT molecular complexity index is 1040. The van der Waals surface area contributed by atoms with Crippen LogP contribution >= 0.6 is 0 Å². The van der Waals surface area contributed by atoms with Gasteiger partial charge in [0.15, 0.2) is 11.5 Å². The third-order valence-corrected chi connectivity index (χ3v) is 5.47. The monoisotopic (exact) mass is 421 g/mol. The molecule has 160 valence electrons. The van der Waals surface area contributed by atoms with Crippen LogP contribution in [0.4, 0.5) is 18.9 Å². The van der Waals surface area contributed by atoms with Crippen molar-refractivity contribution in [3.05, 3.63) is 40.7 Å². The first-order valence-electron chi connectivity index (χ1n) is 9.60. The summed E-state index contributed by atoms with van der Waals surface area (Å²) in [6.07, 6.45) is -4.46. The zero-order valence-electron chi connectivity index (χ0n) is 16.6. The Morgan fingerprint density at radius 1 is 1.30 bits per heavy atom. The molecule has 10 heteroatoms. The van der Waals surface area contributed by atoms with Crippen LogP contribution in [0.3, 0.4) is 0 Å². The van der Waals surface area contributed by atoms with Gasteiger partial charge in [-0.3, -0.25) is 9.59 Å². The number of nitrogens with two attached hydrogens (primary N) is 1. The number of carbonyl (C=O) groups excluding carboxylic acids is 2. The van der Waals surface area contributed by atoms with Gasteiger partial charge in [0.1, 0.15) is 0 Å². The number of amides is 1. The molecule has 4 rings (SSSR count). The van der Waals surface area contributed by atoms with E-state index in [2.05, 4.69) is 15.7 Å². The van der Waals surface area contributed by atoms with Crippen molar-refractivity contribution in [1.82, 2.24) is 15.1 Å². The van der Waals surface area contributed by atoms with Crippen LogP contribution in [0.2, 0.25) is 0 Å². The maximum absolute atomic E-state index is 13.6. The number of aromatic nitrogens is 2. The van der Waals surface area contributed by atoms with Gasteiger partial charge in [-0.05, 0) is 30.0 Å². The lowest BCUT2D eigenvalue weighted by molar-refractivity contribution is -0.141. The van der Waals surface area contributed by atoms with Crippen molar-refractivity contribution in [3.63, 3.8) is 0 Å². The van der Waals surface area contributed by atoms with Crippen LogP contribution in [-0.2, 0) is 12.6 Å². The van der Waals surface area contributed by atoms with E-state index in [1.807, 2.05) is 13.8 Å². The molecule has 2 heterocycles. The van der Waals surface area contributed by atoms with E-state index < -0.39 is 29.0 Å². The lowest BCUT2D eigenvalue weighted by atomic mass is 9.75. The Balaban J connectivity index is 1.87. The molecule has 1 fully saturated rings. The molecule has 1 aliphatic carbocycles. The van der Waals surface area contributed by atoms with E-state index in [0.29, 0.717) is 24.5 Å². The van der Waals surface area contributed by atoms with Crippen LogP contribution in [0, 0.1) is 5.41 Å². The van der Waals surface area contributed by atoms with Crippen molar-refractivity contribution < 1.29 is 22.8 Å². The Hall–Kier alpha value is -2.88. The molecule has 1 aromatic carbocycles. The fraction of sp³-hybridized carbons (Fsp3) is 0.450. The summed E-state index contributed by atoms with van der Waals surface area (Å²) in [5, 5.41) is 10.1. The lowest BCUT2D eigenvalue weighted by Crippen LogP contribution is -2.51. The Kier molecular flexibility index (Phi) is 4.64. The van der Waals surface area contributed by atoms with Crippen LogP contribution < -0.4 is 16.4 Å². The van der Waals surface area contributed by atoms with Gasteiger partial charge in [0.05, 0.1) is 28.6 Å². The van der Waals surface area contributed by atoms with Gasteiger partial charge in [-0.25, -0.2) is 4.68 Å². The van der Waals surface area contributed by atoms with E-state index in [1.165, 1.54) is 16.8 Å².